The number of nitrogens with two attached hydrogens (primary N) is 3. The zero-order valence-corrected chi connectivity index (χ0v) is 17.9. The van der Waals surface area contributed by atoms with Crippen LogP contribution in [0.4, 0.5) is 5.69 Å². The second-order valence-corrected chi connectivity index (χ2v) is 8.64. The smallest absolute Gasteiger partial charge is 0.343 e. The summed E-state index contributed by atoms with van der Waals surface area (Å²) < 4.78 is 5.60. The molecule has 0 fully saturated rings. The molecule has 0 saturated heterocycles. The van der Waals surface area contributed by atoms with Crippen molar-refractivity contribution in [3.8, 4) is 5.75 Å². The predicted molar refractivity (Wildman–Crippen MR) is 125 cm³/mol. The van der Waals surface area contributed by atoms with Crippen molar-refractivity contribution in [3.63, 3.8) is 0 Å². The van der Waals surface area contributed by atoms with Gasteiger partial charge in [-0.25, -0.2) is 9.79 Å². The Morgan fingerprint density at radius 1 is 0.935 bits per heavy atom. The minimum absolute atomic E-state index is 0.00707. The van der Waals surface area contributed by atoms with Gasteiger partial charge in [0.05, 0.1) is 11.3 Å². The number of nitrogens with zero attached hydrogens (tertiary/aromatic N) is 1. The summed E-state index contributed by atoms with van der Waals surface area (Å²) in [6.45, 7) is 6.30. The van der Waals surface area contributed by atoms with E-state index in [1.165, 1.54) is 0 Å². The van der Waals surface area contributed by atoms with Gasteiger partial charge in [0.1, 0.15) is 11.6 Å². The standard InChI is InChI=1S/C24H27N5O2/c1-24(2,3)13-18-11-17(7-9-20(18)29-23(27)28)22(30)31-19-8-6-14-10-16(21(25)26)5-4-15(14)12-19/h4-12H,13H2,1-3H3,(H3,25,26)(H4,27,28,29). The second-order valence-electron chi connectivity index (χ2n) is 8.64. The Hall–Kier alpha value is -3.87. The molecule has 0 aliphatic carbocycles. The van der Waals surface area contributed by atoms with Crippen LogP contribution in [0.25, 0.3) is 10.8 Å². The van der Waals surface area contributed by atoms with Crippen LogP contribution >= 0.6 is 0 Å². The molecule has 0 aliphatic heterocycles. The Labute approximate surface area is 181 Å². The SMILES string of the molecule is CC(C)(C)Cc1cc(C(=O)Oc2ccc3cc(C(=N)N)ccc3c2)ccc1N=C(N)N. The number of amidine groups is 1. The van der Waals surface area contributed by atoms with E-state index < -0.39 is 5.97 Å². The molecular formula is C24H27N5O2. The van der Waals surface area contributed by atoms with Gasteiger partial charge in [-0.3, -0.25) is 5.41 Å². The number of benzene rings is 3. The maximum Gasteiger partial charge on any atom is 0.343 e. The van der Waals surface area contributed by atoms with Gasteiger partial charge in [0.25, 0.3) is 0 Å². The van der Waals surface area contributed by atoms with Crippen LogP contribution in [0.15, 0.2) is 59.6 Å². The van der Waals surface area contributed by atoms with Crippen LogP contribution < -0.4 is 21.9 Å². The Bertz CT molecular complexity index is 1190. The number of carbonyl (C=O) groups excluding carboxylic acids is 1. The van der Waals surface area contributed by atoms with Crippen LogP contribution in [-0.4, -0.2) is 17.8 Å². The summed E-state index contributed by atoms with van der Waals surface area (Å²) in [4.78, 5) is 17.0. The monoisotopic (exact) mass is 417 g/mol. The average Bonchev–Trinajstić information content (AvgIpc) is 2.67. The molecule has 31 heavy (non-hydrogen) atoms. The molecule has 0 heterocycles. The molecule has 0 amide bonds. The molecule has 3 aromatic carbocycles. The highest BCUT2D eigenvalue weighted by Crippen LogP contribution is 2.29. The summed E-state index contributed by atoms with van der Waals surface area (Å²) in [7, 11) is 0. The van der Waals surface area contributed by atoms with Crippen LogP contribution in [0.3, 0.4) is 0 Å². The summed E-state index contributed by atoms with van der Waals surface area (Å²) in [6, 6.07) is 15.9. The molecule has 0 aliphatic rings. The van der Waals surface area contributed by atoms with Gasteiger partial charge in [-0.1, -0.05) is 39.0 Å². The zero-order chi connectivity index (χ0) is 22.8. The Morgan fingerprint density at radius 3 is 2.23 bits per heavy atom. The lowest BCUT2D eigenvalue weighted by atomic mass is 9.87. The Balaban J connectivity index is 1.88. The number of hydrogen-bond acceptors (Lipinski definition) is 4. The van der Waals surface area contributed by atoms with Crippen molar-refractivity contribution >= 4 is 34.2 Å². The van der Waals surface area contributed by atoms with Crippen molar-refractivity contribution < 1.29 is 9.53 Å². The van der Waals surface area contributed by atoms with E-state index in [4.69, 9.17) is 27.3 Å². The summed E-state index contributed by atoms with van der Waals surface area (Å²) in [5.74, 6) is -0.0629. The number of hydrogen-bond donors (Lipinski definition) is 4. The van der Waals surface area contributed by atoms with Crippen LogP contribution in [0.2, 0.25) is 0 Å². The van der Waals surface area contributed by atoms with Gasteiger partial charge in [-0.2, -0.15) is 0 Å². The lowest BCUT2D eigenvalue weighted by Gasteiger charge is -2.20. The Kier molecular flexibility index (Phi) is 5.97. The topological polar surface area (TPSA) is 141 Å². The molecular weight excluding hydrogens is 390 g/mol. The third kappa shape index (κ3) is 5.60. The number of fused-ring (bicyclic) bond motifs is 1. The molecule has 0 radical (unpaired) electrons. The summed E-state index contributed by atoms with van der Waals surface area (Å²) in [5, 5.41) is 9.34. The molecule has 7 N–H and O–H groups in total. The normalized spacial score (nSPS) is 11.2. The minimum atomic E-state index is -0.467. The number of carbonyl (C=O) groups is 1. The highest BCUT2D eigenvalue weighted by atomic mass is 16.5. The fourth-order valence-electron chi connectivity index (χ4n) is 3.29. The molecule has 3 rings (SSSR count). The van der Waals surface area contributed by atoms with Crippen molar-refractivity contribution in [1.82, 2.24) is 0 Å². The molecule has 0 unspecified atom stereocenters. The molecule has 160 valence electrons. The number of guanidine groups is 1. The number of rotatable bonds is 5. The largest absolute Gasteiger partial charge is 0.423 e. The molecule has 0 spiro atoms. The first-order chi connectivity index (χ1) is 14.5. The third-order valence-electron chi connectivity index (χ3n) is 4.62. The van der Waals surface area contributed by atoms with Crippen LogP contribution in [0.1, 0.15) is 42.3 Å². The number of ether oxygens (including phenoxy) is 1. The van der Waals surface area contributed by atoms with Crippen LogP contribution in [0, 0.1) is 10.8 Å². The van der Waals surface area contributed by atoms with Crippen molar-refractivity contribution in [2.75, 3.05) is 0 Å². The molecule has 7 nitrogen and oxygen atoms in total. The number of nitrogen functional groups attached to an aromatic ring is 1. The maximum atomic E-state index is 12.8. The first kappa shape index (κ1) is 21.8. The molecule has 0 atom stereocenters. The van der Waals surface area contributed by atoms with Gasteiger partial charge in [0.15, 0.2) is 5.96 Å². The van der Waals surface area contributed by atoms with Gasteiger partial charge in [0, 0.05) is 5.56 Å². The zero-order valence-electron chi connectivity index (χ0n) is 17.9. The fraction of sp³-hybridized carbons (Fsp3) is 0.208. The number of aliphatic imine (C=N–C) groups is 1. The van der Waals surface area contributed by atoms with Crippen molar-refractivity contribution in [3.05, 3.63) is 71.3 Å². The van der Waals surface area contributed by atoms with E-state index in [1.54, 1.807) is 36.4 Å². The third-order valence-corrected chi connectivity index (χ3v) is 4.62. The van der Waals surface area contributed by atoms with Crippen molar-refractivity contribution in [2.45, 2.75) is 27.2 Å². The van der Waals surface area contributed by atoms with E-state index in [0.717, 1.165) is 16.3 Å². The highest BCUT2D eigenvalue weighted by Gasteiger charge is 2.17. The maximum absolute atomic E-state index is 12.8. The fourth-order valence-corrected chi connectivity index (χ4v) is 3.29. The Morgan fingerprint density at radius 2 is 1.58 bits per heavy atom. The summed E-state index contributed by atoms with van der Waals surface area (Å²) in [5.41, 5.74) is 19.2. The lowest BCUT2D eigenvalue weighted by molar-refractivity contribution is 0.0735. The van der Waals surface area contributed by atoms with Crippen LogP contribution in [-0.2, 0) is 6.42 Å². The minimum Gasteiger partial charge on any atom is -0.423 e. The average molecular weight is 418 g/mol. The van der Waals surface area contributed by atoms with Gasteiger partial charge in [0.2, 0.25) is 0 Å². The molecule has 0 saturated carbocycles. The van der Waals surface area contributed by atoms with Gasteiger partial charge < -0.3 is 21.9 Å². The molecule has 0 aromatic heterocycles. The second kappa shape index (κ2) is 8.47. The van der Waals surface area contributed by atoms with E-state index in [1.807, 2.05) is 18.2 Å². The quantitative estimate of drug-likeness (QED) is 0.216. The predicted octanol–water partition coefficient (Wildman–Crippen LogP) is 3.84. The first-order valence-electron chi connectivity index (χ1n) is 9.85. The van der Waals surface area contributed by atoms with E-state index in [9.17, 15) is 4.79 Å². The van der Waals surface area contributed by atoms with E-state index in [0.29, 0.717) is 29.0 Å². The molecule has 7 heteroatoms. The van der Waals surface area contributed by atoms with Crippen LogP contribution in [0.5, 0.6) is 5.75 Å². The van der Waals surface area contributed by atoms with E-state index in [-0.39, 0.29) is 17.2 Å². The highest BCUT2D eigenvalue weighted by molar-refractivity contribution is 5.99. The number of esters is 1. The van der Waals surface area contributed by atoms with Gasteiger partial charge in [-0.05, 0) is 64.6 Å². The molecule has 0 bridgehead atoms. The summed E-state index contributed by atoms with van der Waals surface area (Å²) in [6.07, 6.45) is 0.689. The van der Waals surface area contributed by atoms with Gasteiger partial charge in [-0.15, -0.1) is 0 Å². The van der Waals surface area contributed by atoms with Gasteiger partial charge >= 0.3 is 5.97 Å². The van der Waals surface area contributed by atoms with Crippen molar-refractivity contribution in [2.24, 2.45) is 27.6 Å². The summed E-state index contributed by atoms with van der Waals surface area (Å²) >= 11 is 0. The first-order valence-corrected chi connectivity index (χ1v) is 9.85. The lowest BCUT2D eigenvalue weighted by Crippen LogP contribution is -2.22. The van der Waals surface area contributed by atoms with E-state index >= 15 is 0 Å². The number of nitrogens with one attached hydrogen (secondary N) is 1. The molecule has 3 aromatic rings. The van der Waals surface area contributed by atoms with Crippen molar-refractivity contribution in [1.29, 1.82) is 5.41 Å². The van der Waals surface area contributed by atoms with E-state index in [2.05, 4.69) is 25.8 Å².